The van der Waals surface area contributed by atoms with Gasteiger partial charge in [0.25, 0.3) is 5.91 Å². The predicted molar refractivity (Wildman–Crippen MR) is 89.6 cm³/mol. The summed E-state index contributed by atoms with van der Waals surface area (Å²) >= 11 is 1.46. The molecule has 23 heavy (non-hydrogen) atoms. The molecule has 120 valence electrons. The van der Waals surface area contributed by atoms with Crippen molar-refractivity contribution in [1.82, 2.24) is 10.3 Å². The molecule has 0 saturated carbocycles. The first-order chi connectivity index (χ1) is 11.1. The Morgan fingerprint density at radius 2 is 2.13 bits per heavy atom. The first kappa shape index (κ1) is 15.5. The van der Waals surface area contributed by atoms with Crippen molar-refractivity contribution in [2.45, 2.75) is 32.2 Å². The van der Waals surface area contributed by atoms with E-state index < -0.39 is 5.91 Å². The first-order valence-electron chi connectivity index (χ1n) is 7.53. The second-order valence-electron chi connectivity index (χ2n) is 5.45. The molecule has 0 unspecified atom stereocenters. The Morgan fingerprint density at radius 1 is 1.30 bits per heavy atom. The van der Waals surface area contributed by atoms with Gasteiger partial charge in [-0.2, -0.15) is 0 Å². The quantitative estimate of drug-likeness (QED) is 0.803. The maximum atomic E-state index is 12.1. The molecule has 7 heteroatoms. The molecule has 6 nitrogen and oxygen atoms in total. The average molecular weight is 330 g/mol. The lowest BCUT2D eigenvalue weighted by Gasteiger charge is -2.11. The van der Waals surface area contributed by atoms with Crippen LogP contribution >= 0.6 is 11.3 Å². The SMILES string of the molecule is NC(=O)c1c(NC(=O)NCc2cccnc2)sc2c1CCCC2. The van der Waals surface area contributed by atoms with Crippen LogP contribution in [0.4, 0.5) is 9.80 Å². The normalized spacial score (nSPS) is 13.2. The molecule has 0 aromatic carbocycles. The van der Waals surface area contributed by atoms with Crippen LogP contribution in [0.2, 0.25) is 0 Å². The van der Waals surface area contributed by atoms with Gasteiger partial charge in [0, 0.05) is 23.8 Å². The molecule has 0 fully saturated rings. The second kappa shape index (κ2) is 6.78. The highest BCUT2D eigenvalue weighted by molar-refractivity contribution is 7.17. The van der Waals surface area contributed by atoms with E-state index in [2.05, 4.69) is 15.6 Å². The number of primary amides is 1. The summed E-state index contributed by atoms with van der Waals surface area (Å²) in [6.07, 6.45) is 7.33. The summed E-state index contributed by atoms with van der Waals surface area (Å²) in [5.41, 5.74) is 7.90. The summed E-state index contributed by atoms with van der Waals surface area (Å²) in [5, 5.41) is 6.07. The molecule has 2 heterocycles. The third-order valence-corrected chi connectivity index (χ3v) is 5.03. The number of hydrogen-bond donors (Lipinski definition) is 3. The average Bonchev–Trinajstić information content (AvgIpc) is 2.91. The minimum atomic E-state index is -0.480. The van der Waals surface area contributed by atoms with Crippen molar-refractivity contribution in [3.8, 4) is 0 Å². The fourth-order valence-corrected chi connectivity index (χ4v) is 4.04. The van der Waals surface area contributed by atoms with E-state index in [-0.39, 0.29) is 6.03 Å². The highest BCUT2D eigenvalue weighted by Crippen LogP contribution is 2.37. The van der Waals surface area contributed by atoms with E-state index in [1.807, 2.05) is 12.1 Å². The van der Waals surface area contributed by atoms with Crippen LogP contribution in [0.25, 0.3) is 0 Å². The topological polar surface area (TPSA) is 97.1 Å². The number of aromatic nitrogens is 1. The van der Waals surface area contributed by atoms with Gasteiger partial charge in [-0.3, -0.25) is 15.1 Å². The van der Waals surface area contributed by atoms with Crippen LogP contribution in [-0.2, 0) is 19.4 Å². The van der Waals surface area contributed by atoms with Gasteiger partial charge in [0.1, 0.15) is 5.00 Å². The monoisotopic (exact) mass is 330 g/mol. The molecule has 0 atom stereocenters. The van der Waals surface area contributed by atoms with Crippen molar-refractivity contribution in [3.05, 3.63) is 46.1 Å². The lowest BCUT2D eigenvalue weighted by atomic mass is 9.95. The standard InChI is InChI=1S/C16H18N4O2S/c17-14(21)13-11-5-1-2-6-12(11)23-15(13)20-16(22)19-9-10-4-3-7-18-8-10/h3-4,7-8H,1-2,5-6,9H2,(H2,17,21)(H2,19,20,22). The number of nitrogens with one attached hydrogen (secondary N) is 2. The van der Waals surface area contributed by atoms with Crippen LogP contribution in [0.1, 0.15) is 39.2 Å². The molecule has 4 N–H and O–H groups in total. The molecule has 0 spiro atoms. The number of amides is 3. The molecule has 3 rings (SSSR count). The molecule has 3 amide bonds. The second-order valence-corrected chi connectivity index (χ2v) is 6.55. The Morgan fingerprint density at radius 3 is 2.87 bits per heavy atom. The van der Waals surface area contributed by atoms with Crippen LogP contribution in [0, 0.1) is 0 Å². The lowest BCUT2D eigenvalue weighted by Crippen LogP contribution is -2.29. The molecular weight excluding hydrogens is 312 g/mol. The van der Waals surface area contributed by atoms with Crippen molar-refractivity contribution < 1.29 is 9.59 Å². The molecule has 1 aliphatic rings. The number of aryl methyl sites for hydroxylation is 1. The number of hydrogen-bond acceptors (Lipinski definition) is 4. The summed E-state index contributed by atoms with van der Waals surface area (Å²) in [7, 11) is 0. The highest BCUT2D eigenvalue weighted by atomic mass is 32.1. The van der Waals surface area contributed by atoms with Gasteiger partial charge in [-0.25, -0.2) is 4.79 Å². The van der Waals surface area contributed by atoms with Crippen LogP contribution in [0.5, 0.6) is 0 Å². The van der Waals surface area contributed by atoms with Crippen LogP contribution in [0.3, 0.4) is 0 Å². The number of pyridine rings is 1. The maximum absolute atomic E-state index is 12.1. The fourth-order valence-electron chi connectivity index (χ4n) is 2.75. The third-order valence-electron chi connectivity index (χ3n) is 3.82. The molecule has 0 bridgehead atoms. The van der Waals surface area contributed by atoms with Crippen LogP contribution in [-0.4, -0.2) is 16.9 Å². The Bertz CT molecular complexity index is 727. The zero-order chi connectivity index (χ0) is 16.2. The van der Waals surface area contributed by atoms with Gasteiger partial charge >= 0.3 is 6.03 Å². The number of carbonyl (C=O) groups is 2. The van der Waals surface area contributed by atoms with Gasteiger partial charge in [0.2, 0.25) is 0 Å². The molecule has 0 saturated heterocycles. The zero-order valence-corrected chi connectivity index (χ0v) is 13.4. The number of carbonyl (C=O) groups excluding carboxylic acids is 2. The number of thiophene rings is 1. The minimum Gasteiger partial charge on any atom is -0.365 e. The van der Waals surface area contributed by atoms with Crippen molar-refractivity contribution in [1.29, 1.82) is 0 Å². The largest absolute Gasteiger partial charge is 0.365 e. The number of nitrogens with two attached hydrogens (primary N) is 1. The van der Waals surface area contributed by atoms with Crippen molar-refractivity contribution >= 4 is 28.3 Å². The van der Waals surface area contributed by atoms with E-state index in [0.29, 0.717) is 17.1 Å². The molecule has 2 aromatic rings. The summed E-state index contributed by atoms with van der Waals surface area (Å²) in [4.78, 5) is 29.0. The molecule has 2 aromatic heterocycles. The van der Waals surface area contributed by atoms with Crippen molar-refractivity contribution in [3.63, 3.8) is 0 Å². The van der Waals surface area contributed by atoms with Crippen molar-refractivity contribution in [2.24, 2.45) is 5.73 Å². The zero-order valence-electron chi connectivity index (χ0n) is 12.6. The summed E-state index contributed by atoms with van der Waals surface area (Å²) in [6.45, 7) is 0.372. The van der Waals surface area contributed by atoms with E-state index in [4.69, 9.17) is 5.73 Å². The minimum absolute atomic E-state index is 0.352. The first-order valence-corrected chi connectivity index (χ1v) is 8.35. The van der Waals surface area contributed by atoms with E-state index in [9.17, 15) is 9.59 Å². The summed E-state index contributed by atoms with van der Waals surface area (Å²) in [6, 6.07) is 3.34. The van der Waals surface area contributed by atoms with Crippen LogP contribution < -0.4 is 16.4 Å². The predicted octanol–water partition coefficient (Wildman–Crippen LogP) is 2.44. The number of anilines is 1. The number of fused-ring (bicyclic) bond motifs is 1. The maximum Gasteiger partial charge on any atom is 0.320 e. The van der Waals surface area contributed by atoms with Crippen LogP contribution in [0.15, 0.2) is 24.5 Å². The number of rotatable bonds is 4. The Balaban J connectivity index is 1.71. The third kappa shape index (κ3) is 3.50. The molecular formula is C16H18N4O2S. The van der Waals surface area contributed by atoms with Crippen molar-refractivity contribution in [2.75, 3.05) is 5.32 Å². The Hall–Kier alpha value is -2.41. The van der Waals surface area contributed by atoms with E-state index in [1.165, 1.54) is 11.3 Å². The number of nitrogens with zero attached hydrogens (tertiary/aromatic N) is 1. The Labute approximate surface area is 138 Å². The smallest absolute Gasteiger partial charge is 0.320 e. The lowest BCUT2D eigenvalue weighted by molar-refractivity contribution is 0.100. The van der Waals surface area contributed by atoms with Gasteiger partial charge < -0.3 is 11.1 Å². The highest BCUT2D eigenvalue weighted by Gasteiger charge is 2.24. The van der Waals surface area contributed by atoms with E-state index >= 15 is 0 Å². The van der Waals surface area contributed by atoms with E-state index in [1.54, 1.807) is 12.4 Å². The summed E-state index contributed by atoms with van der Waals surface area (Å²) in [5.74, 6) is -0.480. The number of urea groups is 1. The summed E-state index contributed by atoms with van der Waals surface area (Å²) < 4.78 is 0. The van der Waals surface area contributed by atoms with E-state index in [0.717, 1.165) is 41.7 Å². The van der Waals surface area contributed by atoms with Gasteiger partial charge in [0.15, 0.2) is 0 Å². The molecule has 0 aliphatic heterocycles. The van der Waals surface area contributed by atoms with Gasteiger partial charge in [-0.05, 0) is 42.9 Å². The van der Waals surface area contributed by atoms with Gasteiger partial charge in [0.05, 0.1) is 5.56 Å². The van der Waals surface area contributed by atoms with Gasteiger partial charge in [-0.1, -0.05) is 6.07 Å². The molecule has 1 aliphatic carbocycles. The Kier molecular flexibility index (Phi) is 4.57. The molecule has 0 radical (unpaired) electrons. The fraction of sp³-hybridized carbons (Fsp3) is 0.312. The van der Waals surface area contributed by atoms with Gasteiger partial charge in [-0.15, -0.1) is 11.3 Å².